The number of carboxylic acids is 1. The van der Waals surface area contributed by atoms with E-state index in [0.717, 1.165) is 11.3 Å². The van der Waals surface area contributed by atoms with Gasteiger partial charge in [0.2, 0.25) is 0 Å². The fourth-order valence-electron chi connectivity index (χ4n) is 2.02. The van der Waals surface area contributed by atoms with E-state index in [4.69, 9.17) is 9.47 Å². The van der Waals surface area contributed by atoms with Crippen LogP contribution in [0.25, 0.3) is 4.96 Å². The minimum atomic E-state index is -0.982. The molecule has 0 atom stereocenters. The Hall–Kier alpha value is -2.54. The minimum absolute atomic E-state index is 0.123. The second kappa shape index (κ2) is 5.45. The van der Waals surface area contributed by atoms with Gasteiger partial charge in [-0.2, -0.15) is 0 Å². The van der Waals surface area contributed by atoms with Crippen molar-refractivity contribution in [2.75, 3.05) is 7.11 Å². The first kappa shape index (κ1) is 13.4. The first-order chi connectivity index (χ1) is 10.2. The Morgan fingerprint density at radius 2 is 2.14 bits per heavy atom. The number of ether oxygens (including phenoxy) is 2. The Morgan fingerprint density at radius 3 is 2.86 bits per heavy atom. The molecule has 2 heterocycles. The third kappa shape index (κ3) is 2.43. The van der Waals surface area contributed by atoms with Crippen LogP contribution in [0.15, 0.2) is 36.7 Å². The molecule has 3 aromatic rings. The molecule has 0 bridgehead atoms. The topological polar surface area (TPSA) is 73.1 Å². The fourth-order valence-corrected chi connectivity index (χ4v) is 2.94. The van der Waals surface area contributed by atoms with Crippen LogP contribution in [0, 0.1) is 0 Å². The van der Waals surface area contributed by atoms with Gasteiger partial charge in [0.1, 0.15) is 11.5 Å². The number of benzene rings is 1. The van der Waals surface area contributed by atoms with Gasteiger partial charge in [0.15, 0.2) is 16.5 Å². The molecule has 1 N–H and O–H groups in total. The Labute approximate surface area is 124 Å². The molecule has 6 nitrogen and oxygen atoms in total. The summed E-state index contributed by atoms with van der Waals surface area (Å²) in [5.74, 6) is 0.186. The van der Waals surface area contributed by atoms with E-state index in [1.165, 1.54) is 0 Å². The molecule has 108 valence electrons. The highest BCUT2D eigenvalue weighted by molar-refractivity contribution is 7.18. The molecule has 0 fully saturated rings. The van der Waals surface area contributed by atoms with E-state index >= 15 is 0 Å². The number of carboxylic acid groups (broad SMARTS) is 1. The average molecular weight is 304 g/mol. The molecule has 3 rings (SSSR count). The van der Waals surface area contributed by atoms with Crippen LogP contribution in [0.5, 0.6) is 11.5 Å². The van der Waals surface area contributed by atoms with Crippen LogP contribution >= 0.6 is 11.3 Å². The largest absolute Gasteiger partial charge is 0.493 e. The van der Waals surface area contributed by atoms with Crippen molar-refractivity contribution in [3.8, 4) is 11.5 Å². The number of imidazole rings is 1. The molecular weight excluding hydrogens is 292 g/mol. The summed E-state index contributed by atoms with van der Waals surface area (Å²) in [7, 11) is 1.56. The number of rotatable bonds is 5. The van der Waals surface area contributed by atoms with E-state index in [1.54, 1.807) is 36.0 Å². The van der Waals surface area contributed by atoms with Crippen molar-refractivity contribution in [3.05, 3.63) is 47.2 Å². The number of aromatic nitrogens is 2. The van der Waals surface area contributed by atoms with E-state index in [1.807, 2.05) is 12.1 Å². The molecule has 0 aliphatic heterocycles. The first-order valence-corrected chi connectivity index (χ1v) is 6.96. The summed E-state index contributed by atoms with van der Waals surface area (Å²) in [6.07, 6.45) is 3.35. The van der Waals surface area contributed by atoms with Crippen LogP contribution in [0.3, 0.4) is 0 Å². The van der Waals surface area contributed by atoms with E-state index in [9.17, 15) is 9.90 Å². The van der Waals surface area contributed by atoms with Crippen molar-refractivity contribution >= 4 is 22.3 Å². The van der Waals surface area contributed by atoms with E-state index in [0.29, 0.717) is 22.2 Å². The lowest BCUT2D eigenvalue weighted by atomic mass is 10.3. The monoisotopic (exact) mass is 304 g/mol. The molecular formula is C14H12N2O4S. The van der Waals surface area contributed by atoms with Gasteiger partial charge < -0.3 is 14.6 Å². The SMILES string of the molecule is COc1ccccc1OCc1c(C(=O)O)sc2nccn12. The molecule has 21 heavy (non-hydrogen) atoms. The molecule has 0 radical (unpaired) electrons. The predicted octanol–water partition coefficient (Wildman–Crippen LogP) is 2.68. The molecule has 0 unspecified atom stereocenters. The van der Waals surface area contributed by atoms with Gasteiger partial charge in [-0.1, -0.05) is 23.5 Å². The number of hydrogen-bond donors (Lipinski definition) is 1. The third-order valence-corrected chi connectivity index (χ3v) is 4.08. The summed E-state index contributed by atoms with van der Waals surface area (Å²) in [5, 5.41) is 9.27. The summed E-state index contributed by atoms with van der Waals surface area (Å²) in [4.78, 5) is 16.3. The van der Waals surface area contributed by atoms with Crippen LogP contribution in [-0.4, -0.2) is 27.6 Å². The average Bonchev–Trinajstić information content (AvgIpc) is 3.06. The van der Waals surface area contributed by atoms with Crippen LogP contribution in [0.1, 0.15) is 15.4 Å². The predicted molar refractivity (Wildman–Crippen MR) is 77.4 cm³/mol. The first-order valence-electron chi connectivity index (χ1n) is 6.14. The van der Waals surface area contributed by atoms with Gasteiger partial charge in [-0.15, -0.1) is 0 Å². The van der Waals surface area contributed by atoms with Crippen molar-refractivity contribution in [3.63, 3.8) is 0 Å². The molecule has 0 saturated heterocycles. The van der Waals surface area contributed by atoms with Crippen molar-refractivity contribution in [2.24, 2.45) is 0 Å². The maximum absolute atomic E-state index is 11.3. The van der Waals surface area contributed by atoms with E-state index in [-0.39, 0.29) is 11.5 Å². The third-order valence-electron chi connectivity index (χ3n) is 2.98. The zero-order chi connectivity index (χ0) is 14.8. The Balaban J connectivity index is 1.92. The van der Waals surface area contributed by atoms with Crippen molar-refractivity contribution in [1.29, 1.82) is 0 Å². The highest BCUT2D eigenvalue weighted by Crippen LogP contribution is 2.28. The second-order valence-corrected chi connectivity index (χ2v) is 5.18. The number of hydrogen-bond acceptors (Lipinski definition) is 5. The van der Waals surface area contributed by atoms with Crippen LogP contribution in [-0.2, 0) is 6.61 Å². The highest BCUT2D eigenvalue weighted by Gasteiger charge is 2.19. The van der Waals surface area contributed by atoms with Crippen molar-refractivity contribution in [1.82, 2.24) is 9.38 Å². The number of nitrogens with zero attached hydrogens (tertiary/aromatic N) is 2. The molecule has 1 aromatic carbocycles. The van der Waals surface area contributed by atoms with Crippen LogP contribution < -0.4 is 9.47 Å². The van der Waals surface area contributed by atoms with Gasteiger partial charge in [-0.25, -0.2) is 9.78 Å². The van der Waals surface area contributed by atoms with Crippen molar-refractivity contribution in [2.45, 2.75) is 6.61 Å². The van der Waals surface area contributed by atoms with Gasteiger partial charge in [0.25, 0.3) is 0 Å². The normalized spacial score (nSPS) is 10.7. The lowest BCUT2D eigenvalue weighted by Crippen LogP contribution is -2.06. The standard InChI is InChI=1S/C14H12N2O4S/c1-19-10-4-2-3-5-11(10)20-8-9-12(13(17)18)21-14-15-6-7-16(9)14/h2-7H,8H2,1H3,(H,17,18). The lowest BCUT2D eigenvalue weighted by molar-refractivity contribution is 0.0698. The van der Waals surface area contributed by atoms with Gasteiger partial charge in [-0.05, 0) is 12.1 Å². The number of methoxy groups -OCH3 is 1. The number of fused-ring (bicyclic) bond motifs is 1. The summed E-state index contributed by atoms with van der Waals surface area (Å²) in [6, 6.07) is 7.23. The summed E-state index contributed by atoms with van der Waals surface area (Å²) in [6.45, 7) is 0.123. The molecule has 0 aliphatic carbocycles. The number of aromatic carboxylic acids is 1. The van der Waals surface area contributed by atoms with E-state index in [2.05, 4.69) is 4.98 Å². The van der Waals surface area contributed by atoms with Crippen LogP contribution in [0.4, 0.5) is 0 Å². The maximum atomic E-state index is 11.3. The van der Waals surface area contributed by atoms with Gasteiger partial charge >= 0.3 is 5.97 Å². The number of para-hydroxylation sites is 2. The van der Waals surface area contributed by atoms with Crippen molar-refractivity contribution < 1.29 is 19.4 Å². The Kier molecular flexibility index (Phi) is 3.49. The molecule has 2 aromatic heterocycles. The molecule has 0 saturated carbocycles. The smallest absolute Gasteiger partial charge is 0.347 e. The van der Waals surface area contributed by atoms with Gasteiger partial charge in [0, 0.05) is 12.4 Å². The lowest BCUT2D eigenvalue weighted by Gasteiger charge is -2.10. The van der Waals surface area contributed by atoms with Crippen LogP contribution in [0.2, 0.25) is 0 Å². The molecule has 7 heteroatoms. The highest BCUT2D eigenvalue weighted by atomic mass is 32.1. The number of thiazole rings is 1. The minimum Gasteiger partial charge on any atom is -0.493 e. The quantitative estimate of drug-likeness (QED) is 0.784. The summed E-state index contributed by atoms with van der Waals surface area (Å²) < 4.78 is 12.6. The van der Waals surface area contributed by atoms with Gasteiger partial charge in [0.05, 0.1) is 12.8 Å². The fraction of sp³-hybridized carbons (Fsp3) is 0.143. The number of carbonyl (C=O) groups is 1. The van der Waals surface area contributed by atoms with E-state index < -0.39 is 5.97 Å². The summed E-state index contributed by atoms with van der Waals surface area (Å²) >= 11 is 1.12. The van der Waals surface area contributed by atoms with Gasteiger partial charge in [-0.3, -0.25) is 4.40 Å². The zero-order valence-corrected chi connectivity index (χ0v) is 12.0. The maximum Gasteiger partial charge on any atom is 0.347 e. The molecule has 0 aliphatic rings. The molecule has 0 amide bonds. The molecule has 0 spiro atoms. The Bertz CT molecular complexity index is 793. The zero-order valence-electron chi connectivity index (χ0n) is 11.1. The summed E-state index contributed by atoms with van der Waals surface area (Å²) in [5.41, 5.74) is 0.561. The Morgan fingerprint density at radius 1 is 1.38 bits per heavy atom. The second-order valence-electron chi connectivity index (χ2n) is 4.20.